The van der Waals surface area contributed by atoms with Gasteiger partial charge < -0.3 is 5.11 Å². The number of hydrogen-bond acceptors (Lipinski definition) is 2. The zero-order valence-electron chi connectivity index (χ0n) is 14.3. The average Bonchev–Trinajstić information content (AvgIpc) is 2.83. The van der Waals surface area contributed by atoms with Crippen molar-refractivity contribution in [2.75, 3.05) is 13.1 Å². The Kier molecular flexibility index (Phi) is 4.86. The predicted octanol–water partition coefficient (Wildman–Crippen LogP) is 4.07. The first-order chi connectivity index (χ1) is 9.31. The SMILES string of the molecule is CCC1(CC)CCN(C2CC(C(C)(C)C)CCC2O)C1. The van der Waals surface area contributed by atoms with Gasteiger partial charge in [0.2, 0.25) is 0 Å². The fraction of sp³-hybridized carbons (Fsp3) is 1.00. The van der Waals surface area contributed by atoms with E-state index in [1.54, 1.807) is 0 Å². The van der Waals surface area contributed by atoms with Crippen LogP contribution in [0.25, 0.3) is 0 Å². The van der Waals surface area contributed by atoms with E-state index in [0.29, 0.717) is 16.9 Å². The third kappa shape index (κ3) is 3.22. The molecule has 1 heterocycles. The zero-order chi connectivity index (χ0) is 15.0. The summed E-state index contributed by atoms with van der Waals surface area (Å²) in [7, 11) is 0. The molecule has 2 rings (SSSR count). The molecule has 1 aliphatic heterocycles. The fourth-order valence-corrected chi connectivity index (χ4v) is 4.39. The first kappa shape index (κ1) is 16.3. The van der Waals surface area contributed by atoms with Gasteiger partial charge in [-0.05, 0) is 61.8 Å². The normalized spacial score (nSPS) is 35.4. The highest BCUT2D eigenvalue weighted by atomic mass is 16.3. The van der Waals surface area contributed by atoms with Crippen LogP contribution in [-0.2, 0) is 0 Å². The highest BCUT2D eigenvalue weighted by molar-refractivity contribution is 4.96. The molecule has 2 nitrogen and oxygen atoms in total. The molecule has 0 spiro atoms. The van der Waals surface area contributed by atoms with Crippen LogP contribution in [0.5, 0.6) is 0 Å². The molecule has 1 saturated carbocycles. The fourth-order valence-electron chi connectivity index (χ4n) is 4.39. The van der Waals surface area contributed by atoms with Gasteiger partial charge in [0, 0.05) is 12.6 Å². The molecular weight excluding hydrogens is 246 g/mol. The Balaban J connectivity index is 2.04. The molecule has 0 radical (unpaired) electrons. The maximum absolute atomic E-state index is 10.5. The monoisotopic (exact) mass is 281 g/mol. The zero-order valence-corrected chi connectivity index (χ0v) is 14.3. The van der Waals surface area contributed by atoms with E-state index < -0.39 is 0 Å². The van der Waals surface area contributed by atoms with Crippen LogP contribution in [0.2, 0.25) is 0 Å². The van der Waals surface area contributed by atoms with Crippen LogP contribution in [0.15, 0.2) is 0 Å². The minimum absolute atomic E-state index is 0.0990. The van der Waals surface area contributed by atoms with E-state index in [1.807, 2.05) is 0 Å². The van der Waals surface area contributed by atoms with Crippen LogP contribution in [0, 0.1) is 16.7 Å². The Morgan fingerprint density at radius 2 is 1.80 bits per heavy atom. The van der Waals surface area contributed by atoms with E-state index in [4.69, 9.17) is 0 Å². The lowest BCUT2D eigenvalue weighted by Gasteiger charge is -2.44. The van der Waals surface area contributed by atoms with Crippen molar-refractivity contribution in [2.45, 2.75) is 85.3 Å². The highest BCUT2D eigenvalue weighted by Crippen LogP contribution is 2.43. The van der Waals surface area contributed by atoms with Gasteiger partial charge in [-0.15, -0.1) is 0 Å². The summed E-state index contributed by atoms with van der Waals surface area (Å²) in [6.45, 7) is 14.2. The minimum atomic E-state index is -0.0990. The van der Waals surface area contributed by atoms with Crippen LogP contribution in [0.3, 0.4) is 0 Å². The smallest absolute Gasteiger partial charge is 0.0695 e. The summed E-state index contributed by atoms with van der Waals surface area (Å²) >= 11 is 0. The lowest BCUT2D eigenvalue weighted by atomic mass is 9.70. The molecule has 0 aromatic rings. The van der Waals surface area contributed by atoms with E-state index >= 15 is 0 Å². The van der Waals surface area contributed by atoms with Crippen LogP contribution < -0.4 is 0 Å². The number of hydrogen-bond donors (Lipinski definition) is 1. The van der Waals surface area contributed by atoms with Gasteiger partial charge in [-0.2, -0.15) is 0 Å². The third-order valence-electron chi connectivity index (χ3n) is 6.44. The molecule has 0 aromatic carbocycles. The molecule has 3 atom stereocenters. The Bertz CT molecular complexity index is 316. The summed E-state index contributed by atoms with van der Waals surface area (Å²) in [5, 5.41) is 10.5. The van der Waals surface area contributed by atoms with Gasteiger partial charge in [0.1, 0.15) is 0 Å². The second kappa shape index (κ2) is 5.96. The van der Waals surface area contributed by atoms with Crippen molar-refractivity contribution >= 4 is 0 Å². The Labute approximate surface area is 125 Å². The number of nitrogens with zero attached hydrogens (tertiary/aromatic N) is 1. The number of likely N-dealkylation sites (tertiary alicyclic amines) is 1. The van der Waals surface area contributed by atoms with Crippen molar-refractivity contribution in [1.82, 2.24) is 4.90 Å². The van der Waals surface area contributed by atoms with Gasteiger partial charge in [0.05, 0.1) is 6.10 Å². The maximum Gasteiger partial charge on any atom is 0.0695 e. The number of aliphatic hydroxyl groups excluding tert-OH is 1. The number of rotatable bonds is 3. The standard InChI is InChI=1S/C18H35NO/c1-6-18(7-2)10-11-19(13-18)15-12-14(17(3,4)5)8-9-16(15)20/h14-16,20H,6-13H2,1-5H3. The Morgan fingerprint density at radius 1 is 1.15 bits per heavy atom. The summed E-state index contributed by atoms with van der Waals surface area (Å²) in [5.41, 5.74) is 0.902. The third-order valence-corrected chi connectivity index (χ3v) is 6.44. The van der Waals surface area contributed by atoms with Crippen molar-refractivity contribution in [1.29, 1.82) is 0 Å². The van der Waals surface area contributed by atoms with Crippen LogP contribution in [-0.4, -0.2) is 35.2 Å². The second-order valence-corrected chi connectivity index (χ2v) is 8.44. The lowest BCUT2D eigenvalue weighted by Crippen LogP contribution is -2.48. The van der Waals surface area contributed by atoms with Gasteiger partial charge >= 0.3 is 0 Å². The quantitative estimate of drug-likeness (QED) is 0.843. The highest BCUT2D eigenvalue weighted by Gasteiger charge is 2.43. The van der Waals surface area contributed by atoms with Gasteiger partial charge in [-0.25, -0.2) is 0 Å². The van der Waals surface area contributed by atoms with Gasteiger partial charge in [-0.1, -0.05) is 34.6 Å². The van der Waals surface area contributed by atoms with Gasteiger partial charge in [0.25, 0.3) is 0 Å². The van der Waals surface area contributed by atoms with Crippen molar-refractivity contribution in [2.24, 2.45) is 16.7 Å². The summed E-state index contributed by atoms with van der Waals surface area (Å²) in [4.78, 5) is 2.62. The van der Waals surface area contributed by atoms with Crippen molar-refractivity contribution in [3.63, 3.8) is 0 Å². The lowest BCUT2D eigenvalue weighted by molar-refractivity contribution is -0.0127. The summed E-state index contributed by atoms with van der Waals surface area (Å²) in [6.07, 6.45) is 7.17. The minimum Gasteiger partial charge on any atom is -0.391 e. The van der Waals surface area contributed by atoms with Crippen molar-refractivity contribution in [3.8, 4) is 0 Å². The van der Waals surface area contributed by atoms with E-state index in [-0.39, 0.29) is 6.10 Å². The molecule has 2 fully saturated rings. The Hall–Kier alpha value is -0.0800. The van der Waals surface area contributed by atoms with E-state index in [9.17, 15) is 5.11 Å². The first-order valence-corrected chi connectivity index (χ1v) is 8.73. The van der Waals surface area contributed by atoms with E-state index in [1.165, 1.54) is 45.2 Å². The summed E-state index contributed by atoms with van der Waals surface area (Å²) in [6, 6.07) is 0.410. The van der Waals surface area contributed by atoms with E-state index in [2.05, 4.69) is 39.5 Å². The summed E-state index contributed by atoms with van der Waals surface area (Å²) in [5.74, 6) is 0.758. The van der Waals surface area contributed by atoms with Crippen LogP contribution >= 0.6 is 0 Å². The largest absolute Gasteiger partial charge is 0.391 e. The van der Waals surface area contributed by atoms with E-state index in [0.717, 1.165) is 12.3 Å². The molecule has 1 aliphatic carbocycles. The maximum atomic E-state index is 10.5. The average molecular weight is 281 g/mol. The molecule has 3 unspecified atom stereocenters. The molecule has 20 heavy (non-hydrogen) atoms. The van der Waals surface area contributed by atoms with Crippen molar-refractivity contribution in [3.05, 3.63) is 0 Å². The molecule has 1 saturated heterocycles. The first-order valence-electron chi connectivity index (χ1n) is 8.73. The molecule has 0 aromatic heterocycles. The molecule has 1 N–H and O–H groups in total. The molecule has 2 aliphatic rings. The Morgan fingerprint density at radius 3 is 2.30 bits per heavy atom. The number of aliphatic hydroxyl groups is 1. The molecule has 0 bridgehead atoms. The van der Waals surface area contributed by atoms with Gasteiger partial charge in [0.15, 0.2) is 0 Å². The van der Waals surface area contributed by atoms with Crippen molar-refractivity contribution < 1.29 is 5.11 Å². The predicted molar refractivity (Wildman–Crippen MR) is 85.8 cm³/mol. The molecule has 2 heteroatoms. The van der Waals surface area contributed by atoms with Crippen LogP contribution in [0.1, 0.15) is 73.1 Å². The second-order valence-electron chi connectivity index (χ2n) is 8.44. The van der Waals surface area contributed by atoms with Crippen LogP contribution in [0.4, 0.5) is 0 Å². The summed E-state index contributed by atoms with van der Waals surface area (Å²) < 4.78 is 0. The van der Waals surface area contributed by atoms with Gasteiger partial charge in [-0.3, -0.25) is 4.90 Å². The molecular formula is C18H35NO. The molecule has 0 amide bonds. The topological polar surface area (TPSA) is 23.5 Å². The molecule has 118 valence electrons.